The summed E-state index contributed by atoms with van der Waals surface area (Å²) >= 11 is 3.40. The van der Waals surface area contributed by atoms with E-state index in [-0.39, 0.29) is 0 Å². The summed E-state index contributed by atoms with van der Waals surface area (Å²) in [4.78, 5) is 3.99. The normalized spacial score (nSPS) is 21.1. The minimum Gasteiger partial charge on any atom is -0.492 e. The molecule has 1 fully saturated rings. The summed E-state index contributed by atoms with van der Waals surface area (Å²) in [5.41, 5.74) is 0. The number of aromatic nitrogens is 1. The fourth-order valence-corrected chi connectivity index (χ4v) is 1.91. The second-order valence-corrected chi connectivity index (χ2v) is 4.33. The highest BCUT2D eigenvalue weighted by atomic mass is 79.9. The molecular formula is C10H13BrN2O. The maximum atomic E-state index is 5.69. The molecule has 76 valence electrons. The van der Waals surface area contributed by atoms with Gasteiger partial charge >= 0.3 is 0 Å². The first-order valence-electron chi connectivity index (χ1n) is 4.79. The number of nitrogens with one attached hydrogen (secondary N) is 1. The Kier molecular flexibility index (Phi) is 3.37. The number of halogens is 1. The van der Waals surface area contributed by atoms with Crippen molar-refractivity contribution in [2.75, 3.05) is 19.7 Å². The monoisotopic (exact) mass is 256 g/mol. The number of ether oxygens (including phenoxy) is 1. The number of rotatable bonds is 3. The van der Waals surface area contributed by atoms with Gasteiger partial charge in [0.15, 0.2) is 0 Å². The molecule has 0 spiro atoms. The van der Waals surface area contributed by atoms with Gasteiger partial charge in [-0.2, -0.15) is 0 Å². The second kappa shape index (κ2) is 4.75. The highest BCUT2D eigenvalue weighted by Crippen LogP contribution is 2.23. The van der Waals surface area contributed by atoms with E-state index in [4.69, 9.17) is 4.74 Å². The Morgan fingerprint density at radius 2 is 2.57 bits per heavy atom. The predicted molar refractivity (Wildman–Crippen MR) is 58.4 cm³/mol. The number of pyridine rings is 1. The highest BCUT2D eigenvalue weighted by molar-refractivity contribution is 9.10. The zero-order valence-electron chi connectivity index (χ0n) is 7.87. The number of hydrogen-bond acceptors (Lipinski definition) is 3. The van der Waals surface area contributed by atoms with Crippen molar-refractivity contribution in [3.05, 3.63) is 22.9 Å². The number of nitrogens with zero attached hydrogens (tertiary/aromatic N) is 1. The Labute approximate surface area is 92.0 Å². The molecule has 4 heteroatoms. The lowest BCUT2D eigenvalue weighted by Gasteiger charge is -2.11. The van der Waals surface area contributed by atoms with Crippen LogP contribution in [0.15, 0.2) is 22.9 Å². The molecule has 0 aliphatic carbocycles. The van der Waals surface area contributed by atoms with Crippen LogP contribution >= 0.6 is 15.9 Å². The van der Waals surface area contributed by atoms with Crippen molar-refractivity contribution in [2.24, 2.45) is 5.92 Å². The molecule has 3 nitrogen and oxygen atoms in total. The van der Waals surface area contributed by atoms with E-state index >= 15 is 0 Å². The molecule has 0 aromatic carbocycles. The third-order valence-corrected chi connectivity index (χ3v) is 2.97. The van der Waals surface area contributed by atoms with E-state index in [1.807, 2.05) is 6.07 Å². The molecule has 2 heterocycles. The molecule has 0 bridgehead atoms. The standard InChI is InChI=1S/C10H13BrN2O/c11-9-6-13-4-2-10(9)14-7-8-1-3-12-5-8/h2,4,6,8,12H,1,3,5,7H2. The lowest BCUT2D eigenvalue weighted by atomic mass is 10.1. The van der Waals surface area contributed by atoms with Crippen LogP contribution in [0.25, 0.3) is 0 Å². The molecular weight excluding hydrogens is 244 g/mol. The predicted octanol–water partition coefficient (Wildman–Crippen LogP) is 1.83. The van der Waals surface area contributed by atoms with Crippen LogP contribution in [-0.2, 0) is 0 Å². The first kappa shape index (κ1) is 9.93. The third-order valence-electron chi connectivity index (χ3n) is 2.37. The highest BCUT2D eigenvalue weighted by Gasteiger charge is 2.15. The second-order valence-electron chi connectivity index (χ2n) is 3.48. The van der Waals surface area contributed by atoms with Gasteiger partial charge in [0.2, 0.25) is 0 Å². The van der Waals surface area contributed by atoms with Gasteiger partial charge < -0.3 is 10.1 Å². The van der Waals surface area contributed by atoms with Crippen molar-refractivity contribution in [3.63, 3.8) is 0 Å². The number of hydrogen-bond donors (Lipinski definition) is 1. The molecule has 0 amide bonds. The Hall–Kier alpha value is -0.610. The van der Waals surface area contributed by atoms with Crippen LogP contribution in [0.2, 0.25) is 0 Å². The van der Waals surface area contributed by atoms with E-state index < -0.39 is 0 Å². The Bertz CT molecular complexity index is 300. The molecule has 1 saturated heterocycles. The Morgan fingerprint density at radius 1 is 1.64 bits per heavy atom. The zero-order chi connectivity index (χ0) is 9.80. The van der Waals surface area contributed by atoms with E-state index in [2.05, 4.69) is 26.2 Å². The third kappa shape index (κ3) is 2.45. The average Bonchev–Trinajstić information content (AvgIpc) is 2.69. The van der Waals surface area contributed by atoms with Gasteiger partial charge in [0, 0.05) is 24.9 Å². The largest absolute Gasteiger partial charge is 0.492 e. The van der Waals surface area contributed by atoms with Gasteiger partial charge in [0.1, 0.15) is 5.75 Å². The minimum atomic E-state index is 0.648. The summed E-state index contributed by atoms with van der Waals surface area (Å²) < 4.78 is 6.62. The topological polar surface area (TPSA) is 34.1 Å². The maximum Gasteiger partial charge on any atom is 0.136 e. The van der Waals surface area contributed by atoms with Crippen molar-refractivity contribution < 1.29 is 4.74 Å². The SMILES string of the molecule is Brc1cnccc1OCC1CCNC1. The fourth-order valence-electron chi connectivity index (χ4n) is 1.54. The van der Waals surface area contributed by atoms with E-state index in [1.165, 1.54) is 6.42 Å². The van der Waals surface area contributed by atoms with Crippen molar-refractivity contribution in [1.82, 2.24) is 10.3 Å². The van der Waals surface area contributed by atoms with Crippen LogP contribution in [0, 0.1) is 5.92 Å². The lowest BCUT2D eigenvalue weighted by Crippen LogP contribution is -2.15. The Morgan fingerprint density at radius 3 is 3.29 bits per heavy atom. The van der Waals surface area contributed by atoms with E-state index in [1.54, 1.807) is 12.4 Å². The minimum absolute atomic E-state index is 0.648. The molecule has 1 atom stereocenters. The van der Waals surface area contributed by atoms with Crippen LogP contribution in [0.4, 0.5) is 0 Å². The molecule has 1 unspecified atom stereocenters. The van der Waals surface area contributed by atoms with Crippen LogP contribution in [0.5, 0.6) is 5.75 Å². The summed E-state index contributed by atoms with van der Waals surface area (Å²) in [6.45, 7) is 2.98. The Balaban J connectivity index is 1.88. The van der Waals surface area contributed by atoms with Gasteiger partial charge in [0.25, 0.3) is 0 Å². The molecule has 1 aromatic rings. The van der Waals surface area contributed by atoms with E-state index in [0.29, 0.717) is 5.92 Å². The molecule has 0 radical (unpaired) electrons. The van der Waals surface area contributed by atoms with Crippen molar-refractivity contribution in [2.45, 2.75) is 6.42 Å². The summed E-state index contributed by atoms with van der Waals surface area (Å²) in [5, 5.41) is 3.32. The fraction of sp³-hybridized carbons (Fsp3) is 0.500. The molecule has 1 N–H and O–H groups in total. The maximum absolute atomic E-state index is 5.69. The van der Waals surface area contributed by atoms with Crippen molar-refractivity contribution in [3.8, 4) is 5.75 Å². The summed E-state index contributed by atoms with van der Waals surface area (Å²) in [6, 6.07) is 1.88. The van der Waals surface area contributed by atoms with Crippen LogP contribution in [-0.4, -0.2) is 24.7 Å². The first-order chi connectivity index (χ1) is 6.86. The van der Waals surface area contributed by atoms with Crippen LogP contribution < -0.4 is 10.1 Å². The van der Waals surface area contributed by atoms with Gasteiger partial charge in [-0.3, -0.25) is 4.98 Å². The molecule has 0 saturated carbocycles. The van der Waals surface area contributed by atoms with Crippen LogP contribution in [0.1, 0.15) is 6.42 Å². The molecule has 2 rings (SSSR count). The molecule has 1 aliphatic heterocycles. The van der Waals surface area contributed by atoms with Crippen LogP contribution in [0.3, 0.4) is 0 Å². The van der Waals surface area contributed by atoms with Gasteiger partial charge in [-0.1, -0.05) is 0 Å². The van der Waals surface area contributed by atoms with Crippen molar-refractivity contribution >= 4 is 15.9 Å². The van der Waals surface area contributed by atoms with Gasteiger partial charge in [-0.25, -0.2) is 0 Å². The quantitative estimate of drug-likeness (QED) is 0.897. The summed E-state index contributed by atoms with van der Waals surface area (Å²) in [6.07, 6.45) is 4.71. The van der Waals surface area contributed by atoms with Crippen molar-refractivity contribution in [1.29, 1.82) is 0 Å². The lowest BCUT2D eigenvalue weighted by molar-refractivity contribution is 0.258. The molecule has 1 aromatic heterocycles. The average molecular weight is 257 g/mol. The van der Waals surface area contributed by atoms with Gasteiger partial charge in [0.05, 0.1) is 11.1 Å². The van der Waals surface area contributed by atoms with E-state index in [0.717, 1.165) is 29.9 Å². The first-order valence-corrected chi connectivity index (χ1v) is 5.58. The van der Waals surface area contributed by atoms with Gasteiger partial charge in [-0.15, -0.1) is 0 Å². The van der Waals surface area contributed by atoms with E-state index in [9.17, 15) is 0 Å². The summed E-state index contributed by atoms with van der Waals surface area (Å²) in [5.74, 6) is 1.53. The smallest absolute Gasteiger partial charge is 0.136 e. The van der Waals surface area contributed by atoms with Gasteiger partial charge in [-0.05, 0) is 35.0 Å². The zero-order valence-corrected chi connectivity index (χ0v) is 9.46. The molecule has 14 heavy (non-hydrogen) atoms. The molecule has 1 aliphatic rings. The summed E-state index contributed by atoms with van der Waals surface area (Å²) in [7, 11) is 0.